The van der Waals surface area contributed by atoms with Crippen LogP contribution in [0.3, 0.4) is 0 Å². The molecule has 1 aliphatic carbocycles. The van der Waals surface area contributed by atoms with Gasteiger partial charge in [0.05, 0.1) is 0 Å². The van der Waals surface area contributed by atoms with E-state index in [-0.39, 0.29) is 6.04 Å². The van der Waals surface area contributed by atoms with Crippen molar-refractivity contribution in [3.63, 3.8) is 0 Å². The monoisotopic (exact) mass is 255 g/mol. The van der Waals surface area contributed by atoms with Gasteiger partial charge in [0.25, 0.3) is 0 Å². The van der Waals surface area contributed by atoms with Crippen LogP contribution in [0.25, 0.3) is 0 Å². The Hall–Kier alpha value is -1.94. The minimum atomic E-state index is 0.139. The third-order valence-electron chi connectivity index (χ3n) is 3.47. The minimum absolute atomic E-state index is 0.139. The fourth-order valence-corrected chi connectivity index (χ4v) is 2.46. The highest BCUT2D eigenvalue weighted by atomic mass is 16.5. The quantitative estimate of drug-likeness (QED) is 0.914. The Balaban J connectivity index is 1.74. The fraction of sp³-hybridized carbons (Fsp3) is 0.333. The number of ether oxygens (including phenoxy) is 1. The van der Waals surface area contributed by atoms with Crippen molar-refractivity contribution in [1.82, 2.24) is 9.97 Å². The molecule has 0 bridgehead atoms. The summed E-state index contributed by atoms with van der Waals surface area (Å²) in [5.41, 5.74) is 8.71. The lowest BCUT2D eigenvalue weighted by Gasteiger charge is -2.22. The SMILES string of the molecule is N[C@H]1CCCc2ccc(OCc3ncccn3)cc21. The Morgan fingerprint density at radius 2 is 2.11 bits per heavy atom. The highest BCUT2D eigenvalue weighted by Gasteiger charge is 2.17. The predicted molar refractivity (Wildman–Crippen MR) is 72.7 cm³/mol. The highest BCUT2D eigenvalue weighted by molar-refractivity contribution is 5.39. The topological polar surface area (TPSA) is 61.0 Å². The molecule has 1 atom stereocenters. The van der Waals surface area contributed by atoms with Gasteiger partial charge in [0.1, 0.15) is 12.4 Å². The molecule has 0 spiro atoms. The largest absolute Gasteiger partial charge is 0.486 e. The molecule has 0 saturated carbocycles. The van der Waals surface area contributed by atoms with Gasteiger partial charge >= 0.3 is 0 Å². The summed E-state index contributed by atoms with van der Waals surface area (Å²) >= 11 is 0. The van der Waals surface area contributed by atoms with E-state index in [0.717, 1.165) is 18.6 Å². The smallest absolute Gasteiger partial charge is 0.166 e. The van der Waals surface area contributed by atoms with E-state index in [1.54, 1.807) is 18.5 Å². The van der Waals surface area contributed by atoms with Gasteiger partial charge in [-0.05, 0) is 48.6 Å². The second-order valence-corrected chi connectivity index (χ2v) is 4.81. The van der Waals surface area contributed by atoms with E-state index < -0.39 is 0 Å². The first kappa shape index (κ1) is 12.1. The predicted octanol–water partition coefficient (Wildman–Crippen LogP) is 2.39. The normalized spacial score (nSPS) is 17.8. The lowest BCUT2D eigenvalue weighted by molar-refractivity contribution is 0.295. The zero-order chi connectivity index (χ0) is 13.1. The average molecular weight is 255 g/mol. The number of fused-ring (bicyclic) bond motifs is 1. The number of aromatic nitrogens is 2. The van der Waals surface area contributed by atoms with Crippen LogP contribution in [-0.4, -0.2) is 9.97 Å². The Kier molecular flexibility index (Phi) is 3.42. The zero-order valence-corrected chi connectivity index (χ0v) is 10.7. The maximum Gasteiger partial charge on any atom is 0.166 e. The van der Waals surface area contributed by atoms with Crippen molar-refractivity contribution < 1.29 is 4.74 Å². The summed E-state index contributed by atoms with van der Waals surface area (Å²) in [6, 6.07) is 8.11. The number of benzene rings is 1. The molecule has 1 aromatic heterocycles. The molecule has 4 nitrogen and oxygen atoms in total. The molecular formula is C15H17N3O. The zero-order valence-electron chi connectivity index (χ0n) is 10.7. The van der Waals surface area contributed by atoms with Crippen molar-refractivity contribution >= 4 is 0 Å². The van der Waals surface area contributed by atoms with Crippen LogP contribution in [0.2, 0.25) is 0 Å². The van der Waals surface area contributed by atoms with Crippen molar-refractivity contribution in [2.24, 2.45) is 5.73 Å². The van der Waals surface area contributed by atoms with Crippen molar-refractivity contribution in [3.05, 3.63) is 53.6 Å². The van der Waals surface area contributed by atoms with Crippen molar-refractivity contribution in [2.45, 2.75) is 31.9 Å². The van der Waals surface area contributed by atoms with Gasteiger partial charge in [0.2, 0.25) is 0 Å². The van der Waals surface area contributed by atoms with Gasteiger partial charge in [-0.15, -0.1) is 0 Å². The van der Waals surface area contributed by atoms with E-state index in [1.807, 2.05) is 6.07 Å². The lowest BCUT2D eigenvalue weighted by Crippen LogP contribution is -2.17. The summed E-state index contributed by atoms with van der Waals surface area (Å²) in [6.45, 7) is 0.384. The standard InChI is InChI=1S/C15H17N3O/c16-14-4-1-3-11-5-6-12(9-13(11)14)19-10-15-17-7-2-8-18-15/h2,5-9,14H,1,3-4,10,16H2/t14-/m0/s1. The van der Waals surface area contributed by atoms with Gasteiger partial charge in [0.15, 0.2) is 5.82 Å². The van der Waals surface area contributed by atoms with Gasteiger partial charge in [-0.1, -0.05) is 6.07 Å². The van der Waals surface area contributed by atoms with Crippen LogP contribution in [0, 0.1) is 0 Å². The number of rotatable bonds is 3. The van der Waals surface area contributed by atoms with Gasteiger partial charge < -0.3 is 10.5 Å². The van der Waals surface area contributed by atoms with Gasteiger partial charge in [-0.3, -0.25) is 0 Å². The summed E-state index contributed by atoms with van der Waals surface area (Å²) in [4.78, 5) is 8.27. The first-order valence-corrected chi connectivity index (χ1v) is 6.60. The average Bonchev–Trinajstić information content (AvgIpc) is 2.47. The summed E-state index contributed by atoms with van der Waals surface area (Å²) in [5, 5.41) is 0. The summed E-state index contributed by atoms with van der Waals surface area (Å²) < 4.78 is 5.73. The maximum absolute atomic E-state index is 6.14. The van der Waals surface area contributed by atoms with Crippen molar-refractivity contribution in [3.8, 4) is 5.75 Å². The molecule has 1 heterocycles. The molecule has 98 valence electrons. The summed E-state index contributed by atoms with van der Waals surface area (Å²) in [6.07, 6.45) is 6.78. The molecule has 3 rings (SSSR count). The van der Waals surface area contributed by atoms with Crippen molar-refractivity contribution in [1.29, 1.82) is 0 Å². The molecule has 1 aromatic carbocycles. The Morgan fingerprint density at radius 1 is 1.26 bits per heavy atom. The molecule has 0 saturated heterocycles. The molecule has 19 heavy (non-hydrogen) atoms. The van der Waals surface area contributed by atoms with E-state index in [4.69, 9.17) is 10.5 Å². The summed E-state index contributed by atoms with van der Waals surface area (Å²) in [5.74, 6) is 1.52. The second-order valence-electron chi connectivity index (χ2n) is 4.81. The van der Waals surface area contributed by atoms with Crippen LogP contribution < -0.4 is 10.5 Å². The second kappa shape index (κ2) is 5.36. The van der Waals surface area contributed by atoms with E-state index in [0.29, 0.717) is 12.4 Å². The molecular weight excluding hydrogens is 238 g/mol. The van der Waals surface area contributed by atoms with E-state index >= 15 is 0 Å². The number of nitrogens with two attached hydrogens (primary N) is 1. The van der Waals surface area contributed by atoms with Crippen LogP contribution in [-0.2, 0) is 13.0 Å². The Labute approximate surface area is 112 Å². The van der Waals surface area contributed by atoms with E-state index in [1.165, 1.54) is 17.5 Å². The molecule has 0 unspecified atom stereocenters. The van der Waals surface area contributed by atoms with Crippen LogP contribution in [0.1, 0.15) is 35.8 Å². The van der Waals surface area contributed by atoms with Gasteiger partial charge in [0, 0.05) is 18.4 Å². The molecule has 4 heteroatoms. The lowest BCUT2D eigenvalue weighted by atomic mass is 9.88. The molecule has 0 amide bonds. The van der Waals surface area contributed by atoms with Gasteiger partial charge in [-0.2, -0.15) is 0 Å². The maximum atomic E-state index is 6.14. The fourth-order valence-electron chi connectivity index (χ4n) is 2.46. The molecule has 1 aliphatic rings. The first-order valence-electron chi connectivity index (χ1n) is 6.60. The number of nitrogens with zero attached hydrogens (tertiary/aromatic N) is 2. The van der Waals surface area contributed by atoms with Crippen molar-refractivity contribution in [2.75, 3.05) is 0 Å². The Bertz CT molecular complexity index is 557. The molecule has 0 radical (unpaired) electrons. The molecule has 0 fully saturated rings. The number of aryl methyl sites for hydroxylation is 1. The molecule has 2 N–H and O–H groups in total. The number of hydrogen-bond donors (Lipinski definition) is 1. The Morgan fingerprint density at radius 3 is 2.95 bits per heavy atom. The van der Waals surface area contributed by atoms with Crippen LogP contribution in [0.5, 0.6) is 5.75 Å². The van der Waals surface area contributed by atoms with Gasteiger partial charge in [-0.25, -0.2) is 9.97 Å². The third-order valence-corrected chi connectivity index (χ3v) is 3.47. The first-order chi connectivity index (χ1) is 9.33. The molecule has 2 aromatic rings. The van der Waals surface area contributed by atoms with Crippen LogP contribution >= 0.6 is 0 Å². The van der Waals surface area contributed by atoms with E-state index in [9.17, 15) is 0 Å². The summed E-state index contributed by atoms with van der Waals surface area (Å²) in [7, 11) is 0. The minimum Gasteiger partial charge on any atom is -0.486 e. The van der Waals surface area contributed by atoms with E-state index in [2.05, 4.69) is 22.1 Å². The van der Waals surface area contributed by atoms with Crippen LogP contribution in [0.4, 0.5) is 0 Å². The molecule has 0 aliphatic heterocycles. The third kappa shape index (κ3) is 2.74. The number of hydrogen-bond acceptors (Lipinski definition) is 4. The van der Waals surface area contributed by atoms with Crippen LogP contribution in [0.15, 0.2) is 36.7 Å². The highest BCUT2D eigenvalue weighted by Crippen LogP contribution is 2.30.